The van der Waals surface area contributed by atoms with E-state index < -0.39 is 6.10 Å². The number of aromatic nitrogens is 2. The van der Waals surface area contributed by atoms with E-state index in [0.29, 0.717) is 17.3 Å². The zero-order valence-corrected chi connectivity index (χ0v) is 9.56. The SMILES string of the molecule is O[C@@H](Cc1noc(CCl)n1)c1ccc(F)cc1. The zero-order valence-electron chi connectivity index (χ0n) is 8.81. The van der Waals surface area contributed by atoms with Crippen LogP contribution in [0.3, 0.4) is 0 Å². The van der Waals surface area contributed by atoms with E-state index in [9.17, 15) is 9.50 Å². The number of aliphatic hydroxyl groups excluding tert-OH is 1. The van der Waals surface area contributed by atoms with Crippen LogP contribution in [0.15, 0.2) is 28.8 Å². The Hall–Kier alpha value is -1.46. The molecule has 6 heteroatoms. The molecule has 0 saturated heterocycles. The molecule has 0 fully saturated rings. The molecule has 0 unspecified atom stereocenters. The highest BCUT2D eigenvalue weighted by molar-refractivity contribution is 6.16. The van der Waals surface area contributed by atoms with Crippen LogP contribution in [0.25, 0.3) is 0 Å². The van der Waals surface area contributed by atoms with Gasteiger partial charge in [0.2, 0.25) is 5.89 Å². The average Bonchev–Trinajstić information content (AvgIpc) is 2.77. The first-order valence-electron chi connectivity index (χ1n) is 5.00. The van der Waals surface area contributed by atoms with Crippen LogP contribution in [0.4, 0.5) is 4.39 Å². The van der Waals surface area contributed by atoms with Crippen molar-refractivity contribution in [2.24, 2.45) is 0 Å². The van der Waals surface area contributed by atoms with Gasteiger partial charge in [-0.05, 0) is 17.7 Å². The highest BCUT2D eigenvalue weighted by atomic mass is 35.5. The van der Waals surface area contributed by atoms with E-state index in [1.165, 1.54) is 24.3 Å². The van der Waals surface area contributed by atoms with Crippen LogP contribution in [0, 0.1) is 5.82 Å². The summed E-state index contributed by atoms with van der Waals surface area (Å²) in [5.74, 6) is 0.481. The van der Waals surface area contributed by atoms with Gasteiger partial charge in [0.05, 0.1) is 6.10 Å². The first-order chi connectivity index (χ1) is 8.19. The average molecular weight is 257 g/mol. The second-order valence-electron chi connectivity index (χ2n) is 3.51. The highest BCUT2D eigenvalue weighted by Crippen LogP contribution is 2.17. The van der Waals surface area contributed by atoms with Crippen LogP contribution in [0.5, 0.6) is 0 Å². The number of hydrogen-bond acceptors (Lipinski definition) is 4. The van der Waals surface area contributed by atoms with Gasteiger partial charge in [0.15, 0.2) is 5.82 Å². The van der Waals surface area contributed by atoms with Gasteiger partial charge >= 0.3 is 0 Å². The number of benzene rings is 1. The van der Waals surface area contributed by atoms with Gasteiger partial charge in [0.1, 0.15) is 11.7 Å². The maximum atomic E-state index is 12.7. The molecule has 17 heavy (non-hydrogen) atoms. The van der Waals surface area contributed by atoms with Crippen molar-refractivity contribution in [2.75, 3.05) is 0 Å². The van der Waals surface area contributed by atoms with Crippen molar-refractivity contribution in [3.8, 4) is 0 Å². The molecule has 0 amide bonds. The normalized spacial score (nSPS) is 12.6. The summed E-state index contributed by atoms with van der Waals surface area (Å²) in [4.78, 5) is 3.97. The molecule has 0 aliphatic heterocycles. The summed E-state index contributed by atoms with van der Waals surface area (Å²) in [5.41, 5.74) is 0.601. The number of nitrogens with zero attached hydrogens (tertiary/aromatic N) is 2. The second-order valence-corrected chi connectivity index (χ2v) is 3.78. The van der Waals surface area contributed by atoms with Gasteiger partial charge in [-0.3, -0.25) is 0 Å². The maximum absolute atomic E-state index is 12.7. The summed E-state index contributed by atoms with van der Waals surface area (Å²) in [6.45, 7) is 0. The van der Waals surface area contributed by atoms with Crippen LogP contribution < -0.4 is 0 Å². The summed E-state index contributed by atoms with van der Waals surface area (Å²) >= 11 is 5.51. The Morgan fingerprint density at radius 1 is 1.35 bits per heavy atom. The molecule has 2 aromatic rings. The Kier molecular flexibility index (Phi) is 3.71. The summed E-state index contributed by atoms with van der Waals surface area (Å²) in [6, 6.07) is 5.61. The minimum atomic E-state index is -0.795. The van der Waals surface area contributed by atoms with Gasteiger partial charge in [-0.1, -0.05) is 17.3 Å². The molecule has 4 nitrogen and oxygen atoms in total. The smallest absolute Gasteiger partial charge is 0.241 e. The topological polar surface area (TPSA) is 59.2 Å². The summed E-state index contributed by atoms with van der Waals surface area (Å²) < 4.78 is 17.5. The Morgan fingerprint density at radius 2 is 2.06 bits per heavy atom. The van der Waals surface area contributed by atoms with Crippen molar-refractivity contribution in [3.63, 3.8) is 0 Å². The minimum absolute atomic E-state index is 0.139. The Bertz CT molecular complexity index is 486. The first kappa shape index (κ1) is 12.0. The van der Waals surface area contributed by atoms with Gasteiger partial charge < -0.3 is 9.63 Å². The van der Waals surface area contributed by atoms with E-state index in [4.69, 9.17) is 16.1 Å². The lowest BCUT2D eigenvalue weighted by Gasteiger charge is -2.07. The number of alkyl halides is 1. The predicted octanol–water partition coefficient (Wildman–Crippen LogP) is 2.22. The third kappa shape index (κ3) is 3.01. The number of rotatable bonds is 4. The van der Waals surface area contributed by atoms with E-state index in [1.807, 2.05) is 0 Å². The molecule has 1 aromatic heterocycles. The molecule has 1 N–H and O–H groups in total. The molecule has 90 valence electrons. The molecule has 1 aromatic carbocycles. The van der Waals surface area contributed by atoms with Crippen LogP contribution in [0.2, 0.25) is 0 Å². The first-order valence-corrected chi connectivity index (χ1v) is 5.53. The summed E-state index contributed by atoms with van der Waals surface area (Å²) in [6.07, 6.45) is -0.595. The van der Waals surface area contributed by atoms with Gasteiger partial charge in [0.25, 0.3) is 0 Å². The quantitative estimate of drug-likeness (QED) is 0.852. The molecular formula is C11H10ClFN2O2. The summed E-state index contributed by atoms with van der Waals surface area (Å²) in [7, 11) is 0. The van der Waals surface area contributed by atoms with Gasteiger partial charge in [-0.2, -0.15) is 4.98 Å². The number of halogens is 2. The van der Waals surface area contributed by atoms with Crippen molar-refractivity contribution >= 4 is 11.6 Å². The standard InChI is InChI=1S/C11H10ClFN2O2/c12-6-11-14-10(15-17-11)5-9(16)7-1-3-8(13)4-2-7/h1-4,9,16H,5-6H2/t9-/m0/s1. The second kappa shape index (κ2) is 5.25. The van der Waals surface area contributed by atoms with Crippen LogP contribution in [0.1, 0.15) is 23.4 Å². The molecular weight excluding hydrogens is 247 g/mol. The molecule has 2 rings (SSSR count). The Balaban J connectivity index is 2.05. The van der Waals surface area contributed by atoms with Crippen LogP contribution in [-0.4, -0.2) is 15.2 Å². The van der Waals surface area contributed by atoms with Crippen molar-refractivity contribution in [2.45, 2.75) is 18.4 Å². The highest BCUT2D eigenvalue weighted by Gasteiger charge is 2.13. The molecule has 0 bridgehead atoms. The largest absolute Gasteiger partial charge is 0.388 e. The lowest BCUT2D eigenvalue weighted by Crippen LogP contribution is -2.03. The van der Waals surface area contributed by atoms with E-state index in [2.05, 4.69) is 10.1 Å². The van der Waals surface area contributed by atoms with Crippen molar-refractivity contribution in [3.05, 3.63) is 47.4 Å². The molecule has 1 heterocycles. The third-order valence-corrected chi connectivity index (χ3v) is 2.48. The fourth-order valence-electron chi connectivity index (χ4n) is 1.40. The fourth-order valence-corrected chi connectivity index (χ4v) is 1.51. The minimum Gasteiger partial charge on any atom is -0.388 e. The van der Waals surface area contributed by atoms with E-state index >= 15 is 0 Å². The summed E-state index contributed by atoms with van der Waals surface area (Å²) in [5, 5.41) is 13.5. The maximum Gasteiger partial charge on any atom is 0.241 e. The number of aliphatic hydroxyl groups is 1. The number of hydrogen-bond donors (Lipinski definition) is 1. The van der Waals surface area contributed by atoms with Gasteiger partial charge in [-0.25, -0.2) is 4.39 Å². The van der Waals surface area contributed by atoms with E-state index in [0.717, 1.165) is 0 Å². The van der Waals surface area contributed by atoms with Crippen LogP contribution in [-0.2, 0) is 12.3 Å². The lowest BCUT2D eigenvalue weighted by molar-refractivity contribution is 0.174. The lowest BCUT2D eigenvalue weighted by atomic mass is 10.1. The molecule has 0 aliphatic carbocycles. The molecule has 0 radical (unpaired) electrons. The Labute approximate surface area is 102 Å². The van der Waals surface area contributed by atoms with Crippen LogP contribution >= 0.6 is 11.6 Å². The Morgan fingerprint density at radius 3 is 2.65 bits per heavy atom. The molecule has 0 saturated carbocycles. The van der Waals surface area contributed by atoms with Gasteiger partial charge in [-0.15, -0.1) is 11.6 Å². The zero-order chi connectivity index (χ0) is 12.3. The molecule has 0 aliphatic rings. The van der Waals surface area contributed by atoms with Crippen molar-refractivity contribution in [1.29, 1.82) is 0 Å². The fraction of sp³-hybridized carbons (Fsp3) is 0.273. The molecule has 1 atom stereocenters. The van der Waals surface area contributed by atoms with E-state index in [1.54, 1.807) is 0 Å². The predicted molar refractivity (Wildman–Crippen MR) is 58.9 cm³/mol. The van der Waals surface area contributed by atoms with Gasteiger partial charge in [0, 0.05) is 6.42 Å². The monoisotopic (exact) mass is 256 g/mol. The van der Waals surface area contributed by atoms with Crippen molar-refractivity contribution < 1.29 is 14.0 Å². The van der Waals surface area contributed by atoms with E-state index in [-0.39, 0.29) is 18.1 Å². The van der Waals surface area contributed by atoms with Crippen molar-refractivity contribution in [1.82, 2.24) is 10.1 Å². The third-order valence-electron chi connectivity index (χ3n) is 2.26. The molecule has 0 spiro atoms.